The van der Waals surface area contributed by atoms with Crippen LogP contribution in [0.5, 0.6) is 5.75 Å². The van der Waals surface area contributed by atoms with E-state index in [1.165, 1.54) is 5.56 Å². The summed E-state index contributed by atoms with van der Waals surface area (Å²) in [5, 5.41) is 6.17. The van der Waals surface area contributed by atoms with Gasteiger partial charge in [0.05, 0.1) is 5.69 Å². The van der Waals surface area contributed by atoms with E-state index in [1.807, 2.05) is 12.1 Å². The molecule has 0 aromatic heterocycles. The van der Waals surface area contributed by atoms with E-state index in [9.17, 15) is 4.79 Å². The van der Waals surface area contributed by atoms with Crippen LogP contribution in [0.1, 0.15) is 5.56 Å². The first kappa shape index (κ1) is 12.4. The summed E-state index contributed by atoms with van der Waals surface area (Å²) < 4.78 is 5.43. The van der Waals surface area contributed by atoms with Crippen molar-refractivity contribution >= 4 is 11.6 Å². The number of fused-ring (bicyclic) bond motifs is 1. The zero-order valence-corrected chi connectivity index (χ0v) is 10.9. The van der Waals surface area contributed by atoms with Crippen LogP contribution in [0.25, 0.3) is 0 Å². The lowest BCUT2D eigenvalue weighted by Gasteiger charge is -2.27. The van der Waals surface area contributed by atoms with Crippen LogP contribution < -0.4 is 15.4 Å². The van der Waals surface area contributed by atoms with E-state index in [4.69, 9.17) is 4.74 Å². The van der Waals surface area contributed by atoms with Crippen LogP contribution in [0.15, 0.2) is 18.2 Å². The summed E-state index contributed by atoms with van der Waals surface area (Å²) in [6, 6.07) is 6.03. The van der Waals surface area contributed by atoms with Crippen molar-refractivity contribution in [1.82, 2.24) is 10.2 Å². The van der Waals surface area contributed by atoms with E-state index in [1.54, 1.807) is 0 Å². The monoisotopic (exact) mass is 261 g/mol. The van der Waals surface area contributed by atoms with E-state index >= 15 is 0 Å². The minimum absolute atomic E-state index is 0.0823. The van der Waals surface area contributed by atoms with Crippen molar-refractivity contribution < 1.29 is 9.53 Å². The van der Waals surface area contributed by atoms with Gasteiger partial charge < -0.3 is 20.3 Å². The highest BCUT2D eigenvalue weighted by Crippen LogP contribution is 2.28. The summed E-state index contributed by atoms with van der Waals surface area (Å²) in [7, 11) is 0. The fourth-order valence-electron chi connectivity index (χ4n) is 2.50. The molecule has 2 aliphatic heterocycles. The Morgan fingerprint density at radius 1 is 1.26 bits per heavy atom. The Hall–Kier alpha value is -1.59. The molecule has 1 fully saturated rings. The summed E-state index contributed by atoms with van der Waals surface area (Å²) in [5.74, 6) is 0.707. The third kappa shape index (κ3) is 3.05. The lowest BCUT2D eigenvalue weighted by atomic mass is 10.1. The lowest BCUT2D eigenvalue weighted by Crippen LogP contribution is -2.44. The number of nitrogens with zero attached hydrogens (tertiary/aromatic N) is 1. The summed E-state index contributed by atoms with van der Waals surface area (Å²) in [6.45, 7) is 5.61. The number of nitrogens with one attached hydrogen (secondary N) is 2. The van der Waals surface area contributed by atoms with Gasteiger partial charge in [0, 0.05) is 32.7 Å². The molecular weight excluding hydrogens is 242 g/mol. The van der Waals surface area contributed by atoms with Crippen LogP contribution in [0.2, 0.25) is 0 Å². The highest BCUT2D eigenvalue weighted by atomic mass is 16.5. The van der Waals surface area contributed by atoms with Crippen LogP contribution in [0, 0.1) is 0 Å². The van der Waals surface area contributed by atoms with Gasteiger partial charge in [-0.3, -0.25) is 4.79 Å². The van der Waals surface area contributed by atoms with Gasteiger partial charge in [-0.05, 0) is 24.1 Å². The number of rotatable bonds is 3. The molecule has 19 heavy (non-hydrogen) atoms. The highest BCUT2D eigenvalue weighted by molar-refractivity contribution is 5.95. The maximum Gasteiger partial charge on any atom is 0.262 e. The van der Waals surface area contributed by atoms with Crippen LogP contribution in [0.3, 0.4) is 0 Å². The first-order valence-corrected chi connectivity index (χ1v) is 6.80. The predicted octanol–water partition coefficient (Wildman–Crippen LogP) is 0.465. The van der Waals surface area contributed by atoms with Crippen molar-refractivity contribution in [2.45, 2.75) is 6.42 Å². The Bertz CT molecular complexity index is 470. The van der Waals surface area contributed by atoms with Crippen molar-refractivity contribution in [3.63, 3.8) is 0 Å². The minimum atomic E-state index is -0.0823. The van der Waals surface area contributed by atoms with E-state index in [-0.39, 0.29) is 12.5 Å². The van der Waals surface area contributed by atoms with Crippen LogP contribution in [0.4, 0.5) is 5.69 Å². The number of carbonyl (C=O) groups is 1. The van der Waals surface area contributed by atoms with E-state index < -0.39 is 0 Å². The molecule has 5 heteroatoms. The average molecular weight is 261 g/mol. The number of amides is 1. The van der Waals surface area contributed by atoms with Gasteiger partial charge in [-0.25, -0.2) is 0 Å². The van der Waals surface area contributed by atoms with Gasteiger partial charge in [0.15, 0.2) is 6.61 Å². The SMILES string of the molecule is O=C1COc2cc(CCN3CCNCC3)ccc2N1. The Balaban J connectivity index is 1.60. The van der Waals surface area contributed by atoms with Crippen molar-refractivity contribution in [3.8, 4) is 5.75 Å². The fourth-order valence-corrected chi connectivity index (χ4v) is 2.50. The summed E-state index contributed by atoms with van der Waals surface area (Å²) in [6.07, 6.45) is 1.02. The number of benzene rings is 1. The number of piperazine rings is 1. The highest BCUT2D eigenvalue weighted by Gasteiger charge is 2.16. The summed E-state index contributed by atoms with van der Waals surface area (Å²) >= 11 is 0. The van der Waals surface area contributed by atoms with Gasteiger partial charge in [-0.1, -0.05) is 6.07 Å². The Labute approximate surface area is 112 Å². The molecule has 0 spiro atoms. The third-order valence-corrected chi connectivity index (χ3v) is 3.61. The van der Waals surface area contributed by atoms with Crippen LogP contribution in [-0.4, -0.2) is 50.1 Å². The zero-order valence-electron chi connectivity index (χ0n) is 10.9. The molecule has 102 valence electrons. The number of carbonyl (C=O) groups excluding carboxylic acids is 1. The Morgan fingerprint density at radius 2 is 2.11 bits per heavy atom. The largest absolute Gasteiger partial charge is 0.482 e. The summed E-state index contributed by atoms with van der Waals surface area (Å²) in [4.78, 5) is 13.7. The number of hydrogen-bond acceptors (Lipinski definition) is 4. The lowest BCUT2D eigenvalue weighted by molar-refractivity contribution is -0.118. The number of ether oxygens (including phenoxy) is 1. The standard InChI is InChI=1S/C14H19N3O2/c18-14-10-19-13-9-11(1-2-12(13)16-14)3-6-17-7-4-15-5-8-17/h1-2,9,15H,3-8,10H2,(H,16,18). The van der Waals surface area contributed by atoms with Gasteiger partial charge in [0.25, 0.3) is 5.91 Å². The van der Waals surface area contributed by atoms with Crippen LogP contribution >= 0.6 is 0 Å². The van der Waals surface area contributed by atoms with Gasteiger partial charge in [-0.15, -0.1) is 0 Å². The molecule has 0 unspecified atom stereocenters. The minimum Gasteiger partial charge on any atom is -0.482 e. The molecule has 1 amide bonds. The molecular formula is C14H19N3O2. The second-order valence-electron chi connectivity index (χ2n) is 5.01. The zero-order chi connectivity index (χ0) is 13.1. The molecule has 2 aliphatic rings. The molecule has 2 heterocycles. The Kier molecular flexibility index (Phi) is 3.66. The third-order valence-electron chi connectivity index (χ3n) is 3.61. The number of anilines is 1. The normalized spacial score (nSPS) is 19.5. The van der Waals surface area contributed by atoms with Crippen molar-refractivity contribution in [2.75, 3.05) is 44.6 Å². The maximum atomic E-state index is 11.2. The van der Waals surface area contributed by atoms with E-state index in [0.717, 1.165) is 50.6 Å². The predicted molar refractivity (Wildman–Crippen MR) is 73.6 cm³/mol. The quantitative estimate of drug-likeness (QED) is 0.830. The Morgan fingerprint density at radius 3 is 2.95 bits per heavy atom. The van der Waals surface area contributed by atoms with E-state index in [0.29, 0.717) is 0 Å². The topological polar surface area (TPSA) is 53.6 Å². The molecule has 0 saturated carbocycles. The molecule has 1 saturated heterocycles. The van der Waals surface area contributed by atoms with Gasteiger partial charge in [0.1, 0.15) is 5.75 Å². The van der Waals surface area contributed by atoms with Crippen LogP contribution in [-0.2, 0) is 11.2 Å². The molecule has 0 bridgehead atoms. The molecule has 2 N–H and O–H groups in total. The van der Waals surface area contributed by atoms with Crippen molar-refractivity contribution in [3.05, 3.63) is 23.8 Å². The first-order chi connectivity index (χ1) is 9.31. The molecule has 0 atom stereocenters. The summed E-state index contributed by atoms with van der Waals surface area (Å²) in [5.41, 5.74) is 2.04. The van der Waals surface area contributed by atoms with E-state index in [2.05, 4.69) is 21.6 Å². The molecule has 0 aliphatic carbocycles. The van der Waals surface area contributed by atoms with Gasteiger partial charge >= 0.3 is 0 Å². The van der Waals surface area contributed by atoms with Gasteiger partial charge in [-0.2, -0.15) is 0 Å². The second-order valence-corrected chi connectivity index (χ2v) is 5.01. The molecule has 1 aromatic carbocycles. The number of hydrogen-bond donors (Lipinski definition) is 2. The average Bonchev–Trinajstić information content (AvgIpc) is 2.46. The van der Waals surface area contributed by atoms with Gasteiger partial charge in [0.2, 0.25) is 0 Å². The smallest absolute Gasteiger partial charge is 0.262 e. The van der Waals surface area contributed by atoms with Crippen molar-refractivity contribution in [2.24, 2.45) is 0 Å². The molecule has 0 radical (unpaired) electrons. The molecule has 3 rings (SSSR count). The fraction of sp³-hybridized carbons (Fsp3) is 0.500. The first-order valence-electron chi connectivity index (χ1n) is 6.80. The maximum absolute atomic E-state index is 11.2. The molecule has 5 nitrogen and oxygen atoms in total. The second kappa shape index (κ2) is 5.59. The van der Waals surface area contributed by atoms with Crippen molar-refractivity contribution in [1.29, 1.82) is 0 Å². The molecule has 1 aromatic rings.